The Hall–Kier alpha value is -1.81. The molecule has 2 heterocycles. The molecule has 0 saturated carbocycles. The van der Waals surface area contributed by atoms with Crippen molar-refractivity contribution in [2.24, 2.45) is 5.92 Å². The fourth-order valence-corrected chi connectivity index (χ4v) is 3.03. The lowest BCUT2D eigenvalue weighted by Gasteiger charge is -2.21. The molecule has 1 aromatic heterocycles. The zero-order chi connectivity index (χ0) is 14.5. The van der Waals surface area contributed by atoms with Gasteiger partial charge in [-0.05, 0) is 44.0 Å². The fraction of sp³-hybridized carbons (Fsp3) is 0.471. The standard InChI is InChI=1S/C17H24N4/c1-15(13-20-10-5-6-11-20)14-21-12-9-18-17(21)19-16-7-3-2-4-8-16/h2-4,7-9,12,15H,5-6,10-11,13-14H2,1H3,(H,18,19). The third kappa shape index (κ3) is 3.85. The van der Waals surface area contributed by atoms with Crippen LogP contribution >= 0.6 is 0 Å². The van der Waals surface area contributed by atoms with Gasteiger partial charge in [0.25, 0.3) is 0 Å². The van der Waals surface area contributed by atoms with Crippen LogP contribution in [-0.4, -0.2) is 34.1 Å². The van der Waals surface area contributed by atoms with Gasteiger partial charge in [-0.25, -0.2) is 4.98 Å². The molecule has 0 bridgehead atoms. The third-order valence-corrected chi connectivity index (χ3v) is 4.02. The summed E-state index contributed by atoms with van der Waals surface area (Å²) in [6.07, 6.45) is 6.65. The molecule has 0 aliphatic carbocycles. The van der Waals surface area contributed by atoms with E-state index in [9.17, 15) is 0 Å². The smallest absolute Gasteiger partial charge is 0.207 e. The normalized spacial score (nSPS) is 17.0. The van der Waals surface area contributed by atoms with Crippen LogP contribution in [0.4, 0.5) is 11.6 Å². The van der Waals surface area contributed by atoms with Gasteiger partial charge in [0.05, 0.1) is 0 Å². The van der Waals surface area contributed by atoms with E-state index in [1.165, 1.54) is 32.5 Å². The SMILES string of the molecule is CC(CN1CCCC1)Cn1ccnc1Nc1ccccc1. The molecule has 0 amide bonds. The second-order valence-corrected chi connectivity index (χ2v) is 6.01. The van der Waals surface area contributed by atoms with E-state index in [-0.39, 0.29) is 0 Å². The number of benzene rings is 1. The van der Waals surface area contributed by atoms with Crippen molar-refractivity contribution in [1.29, 1.82) is 0 Å². The van der Waals surface area contributed by atoms with Crippen molar-refractivity contribution in [2.45, 2.75) is 26.3 Å². The molecule has 2 aromatic rings. The van der Waals surface area contributed by atoms with Crippen LogP contribution < -0.4 is 5.32 Å². The average Bonchev–Trinajstić information content (AvgIpc) is 3.13. The molecule has 1 N–H and O–H groups in total. The summed E-state index contributed by atoms with van der Waals surface area (Å²) in [6.45, 7) is 7.05. The lowest BCUT2D eigenvalue weighted by atomic mass is 10.1. The zero-order valence-corrected chi connectivity index (χ0v) is 12.7. The van der Waals surface area contributed by atoms with Gasteiger partial charge in [0.15, 0.2) is 0 Å². The number of para-hydroxylation sites is 1. The maximum atomic E-state index is 4.43. The highest BCUT2D eigenvalue weighted by molar-refractivity contribution is 5.52. The number of anilines is 2. The maximum absolute atomic E-state index is 4.43. The summed E-state index contributed by atoms with van der Waals surface area (Å²) in [6, 6.07) is 10.2. The van der Waals surface area contributed by atoms with Gasteiger partial charge in [0.1, 0.15) is 0 Å². The van der Waals surface area contributed by atoms with Gasteiger partial charge in [-0.2, -0.15) is 0 Å². The summed E-state index contributed by atoms with van der Waals surface area (Å²) in [5.74, 6) is 1.56. The van der Waals surface area contributed by atoms with Gasteiger partial charge >= 0.3 is 0 Å². The van der Waals surface area contributed by atoms with Crippen molar-refractivity contribution in [1.82, 2.24) is 14.5 Å². The summed E-state index contributed by atoms with van der Waals surface area (Å²) in [4.78, 5) is 7.01. The molecule has 1 aliphatic rings. The first kappa shape index (κ1) is 14.1. The van der Waals surface area contributed by atoms with Crippen molar-refractivity contribution >= 4 is 11.6 Å². The molecular formula is C17H24N4. The highest BCUT2D eigenvalue weighted by Crippen LogP contribution is 2.17. The average molecular weight is 284 g/mol. The topological polar surface area (TPSA) is 33.1 Å². The van der Waals surface area contributed by atoms with Crippen LogP contribution in [0.5, 0.6) is 0 Å². The van der Waals surface area contributed by atoms with Gasteiger partial charge in [-0.15, -0.1) is 0 Å². The lowest BCUT2D eigenvalue weighted by Crippen LogP contribution is -2.27. The van der Waals surface area contributed by atoms with E-state index in [0.717, 1.165) is 18.2 Å². The number of aromatic nitrogens is 2. The molecule has 0 radical (unpaired) electrons. The van der Waals surface area contributed by atoms with Crippen LogP contribution in [0.2, 0.25) is 0 Å². The van der Waals surface area contributed by atoms with Crippen molar-refractivity contribution in [2.75, 3.05) is 25.0 Å². The minimum Gasteiger partial charge on any atom is -0.326 e. The zero-order valence-electron chi connectivity index (χ0n) is 12.7. The van der Waals surface area contributed by atoms with E-state index in [4.69, 9.17) is 0 Å². The fourth-order valence-electron chi connectivity index (χ4n) is 3.03. The number of hydrogen-bond acceptors (Lipinski definition) is 3. The minimum atomic E-state index is 0.633. The molecule has 1 aliphatic heterocycles. The van der Waals surface area contributed by atoms with E-state index in [1.807, 2.05) is 24.4 Å². The Morgan fingerprint density at radius 2 is 1.90 bits per heavy atom. The predicted molar refractivity (Wildman–Crippen MR) is 86.8 cm³/mol. The Morgan fingerprint density at radius 1 is 1.14 bits per heavy atom. The first-order valence-corrected chi connectivity index (χ1v) is 7.87. The van der Waals surface area contributed by atoms with Gasteiger partial charge in [0.2, 0.25) is 5.95 Å². The quantitative estimate of drug-likeness (QED) is 0.883. The second-order valence-electron chi connectivity index (χ2n) is 6.01. The monoisotopic (exact) mass is 284 g/mol. The van der Waals surface area contributed by atoms with Crippen LogP contribution in [0.25, 0.3) is 0 Å². The molecular weight excluding hydrogens is 260 g/mol. The molecule has 4 nitrogen and oxygen atoms in total. The van der Waals surface area contributed by atoms with E-state index >= 15 is 0 Å². The summed E-state index contributed by atoms with van der Waals surface area (Å²) in [5, 5.41) is 3.39. The predicted octanol–water partition coefficient (Wildman–Crippen LogP) is 3.36. The molecule has 1 unspecified atom stereocenters. The first-order valence-electron chi connectivity index (χ1n) is 7.87. The molecule has 3 rings (SSSR count). The summed E-state index contributed by atoms with van der Waals surface area (Å²) < 4.78 is 2.22. The summed E-state index contributed by atoms with van der Waals surface area (Å²) >= 11 is 0. The van der Waals surface area contributed by atoms with E-state index in [0.29, 0.717) is 5.92 Å². The van der Waals surface area contributed by atoms with Crippen molar-refractivity contribution in [3.05, 3.63) is 42.7 Å². The molecule has 0 spiro atoms. The summed E-state index contributed by atoms with van der Waals surface area (Å²) in [7, 11) is 0. The van der Waals surface area contributed by atoms with Crippen molar-refractivity contribution in [3.8, 4) is 0 Å². The largest absolute Gasteiger partial charge is 0.326 e. The van der Waals surface area contributed by atoms with Crippen molar-refractivity contribution < 1.29 is 0 Å². The van der Waals surface area contributed by atoms with E-state index in [2.05, 4.69) is 45.0 Å². The minimum absolute atomic E-state index is 0.633. The van der Waals surface area contributed by atoms with Crippen molar-refractivity contribution in [3.63, 3.8) is 0 Å². The number of imidazole rings is 1. The number of hydrogen-bond donors (Lipinski definition) is 1. The maximum Gasteiger partial charge on any atom is 0.207 e. The van der Waals surface area contributed by atoms with Gasteiger partial charge < -0.3 is 14.8 Å². The Labute approximate surface area is 126 Å². The molecule has 1 aromatic carbocycles. The van der Waals surface area contributed by atoms with E-state index < -0.39 is 0 Å². The highest BCUT2D eigenvalue weighted by atomic mass is 15.2. The van der Waals surface area contributed by atoms with Crippen LogP contribution in [-0.2, 0) is 6.54 Å². The van der Waals surface area contributed by atoms with Gasteiger partial charge in [0, 0.05) is 31.2 Å². The lowest BCUT2D eigenvalue weighted by molar-refractivity contribution is 0.272. The molecule has 1 atom stereocenters. The molecule has 1 fully saturated rings. The number of rotatable bonds is 6. The molecule has 112 valence electrons. The highest BCUT2D eigenvalue weighted by Gasteiger charge is 2.15. The molecule has 21 heavy (non-hydrogen) atoms. The van der Waals surface area contributed by atoms with Crippen LogP contribution in [0.1, 0.15) is 19.8 Å². The Balaban J connectivity index is 1.59. The number of nitrogens with zero attached hydrogens (tertiary/aromatic N) is 3. The third-order valence-electron chi connectivity index (χ3n) is 4.02. The second kappa shape index (κ2) is 6.76. The Kier molecular flexibility index (Phi) is 4.55. The van der Waals surface area contributed by atoms with Crippen LogP contribution in [0.3, 0.4) is 0 Å². The molecule has 1 saturated heterocycles. The Bertz CT molecular complexity index is 543. The van der Waals surface area contributed by atoms with Gasteiger partial charge in [-0.3, -0.25) is 0 Å². The summed E-state index contributed by atoms with van der Waals surface area (Å²) in [5.41, 5.74) is 1.08. The Morgan fingerprint density at radius 3 is 2.67 bits per heavy atom. The first-order chi connectivity index (χ1) is 10.3. The van der Waals surface area contributed by atoms with Crippen LogP contribution in [0.15, 0.2) is 42.7 Å². The van der Waals surface area contributed by atoms with Gasteiger partial charge in [-0.1, -0.05) is 25.1 Å². The number of likely N-dealkylation sites (tertiary alicyclic amines) is 1. The van der Waals surface area contributed by atoms with E-state index in [1.54, 1.807) is 0 Å². The number of nitrogens with one attached hydrogen (secondary N) is 1. The molecule has 4 heteroatoms. The van der Waals surface area contributed by atoms with Crippen LogP contribution in [0, 0.1) is 5.92 Å².